The van der Waals surface area contributed by atoms with E-state index < -0.39 is 11.7 Å². The Balaban J connectivity index is 1.41. The highest BCUT2D eigenvalue weighted by molar-refractivity contribution is 7.14. The summed E-state index contributed by atoms with van der Waals surface area (Å²) in [6.45, 7) is 1.44. The fraction of sp³-hybridized carbons (Fsp3) is 0.0400. The zero-order valence-electron chi connectivity index (χ0n) is 18.0. The van der Waals surface area contributed by atoms with E-state index in [-0.39, 0.29) is 11.8 Å². The molecule has 4 aromatic rings. The normalized spacial score (nSPS) is 10.4. The van der Waals surface area contributed by atoms with Gasteiger partial charge >= 0.3 is 0 Å². The molecule has 4 rings (SSSR count). The monoisotopic (exact) mass is 474 g/mol. The Hall–Kier alpha value is -4.37. The average Bonchev–Trinajstić information content (AvgIpc) is 3.28. The highest BCUT2D eigenvalue weighted by Gasteiger charge is 2.12. The molecule has 0 spiro atoms. The molecule has 0 aliphatic heterocycles. The molecule has 0 saturated heterocycles. The lowest BCUT2D eigenvalue weighted by molar-refractivity contribution is -0.114. The molecule has 0 radical (unpaired) electrons. The van der Waals surface area contributed by atoms with Crippen molar-refractivity contribution in [1.29, 1.82) is 0 Å². The summed E-state index contributed by atoms with van der Waals surface area (Å²) in [4.78, 5) is 40.7. The van der Waals surface area contributed by atoms with Crippen LogP contribution in [0.2, 0.25) is 0 Å². The Bertz CT molecular complexity index is 1350. The molecule has 3 aromatic carbocycles. The van der Waals surface area contributed by atoms with Crippen molar-refractivity contribution in [3.05, 3.63) is 95.1 Å². The van der Waals surface area contributed by atoms with E-state index in [2.05, 4.69) is 20.9 Å². The summed E-state index contributed by atoms with van der Waals surface area (Å²) in [5.74, 6) is -1.36. The lowest BCUT2D eigenvalue weighted by Crippen LogP contribution is -2.14. The topological polar surface area (TPSA) is 100 Å². The number of nitrogens with one attached hydrogen (secondary N) is 3. The van der Waals surface area contributed by atoms with Crippen LogP contribution in [0.1, 0.15) is 27.6 Å². The van der Waals surface area contributed by atoms with E-state index in [1.807, 2.05) is 17.5 Å². The average molecular weight is 475 g/mol. The molecular formula is C25H19FN4O3S. The number of benzene rings is 3. The van der Waals surface area contributed by atoms with Crippen LogP contribution in [0.5, 0.6) is 0 Å². The summed E-state index contributed by atoms with van der Waals surface area (Å²) in [7, 11) is 0. The minimum Gasteiger partial charge on any atom is -0.326 e. The van der Waals surface area contributed by atoms with Crippen molar-refractivity contribution >= 4 is 45.6 Å². The molecule has 0 saturated carbocycles. The van der Waals surface area contributed by atoms with Crippen LogP contribution in [0.3, 0.4) is 0 Å². The minimum atomic E-state index is -0.428. The van der Waals surface area contributed by atoms with Crippen LogP contribution in [0.25, 0.3) is 11.3 Å². The third-order valence-electron chi connectivity index (χ3n) is 4.71. The van der Waals surface area contributed by atoms with E-state index in [9.17, 15) is 18.8 Å². The van der Waals surface area contributed by atoms with Crippen molar-refractivity contribution < 1.29 is 18.8 Å². The van der Waals surface area contributed by atoms with E-state index in [1.54, 1.807) is 36.4 Å². The number of hydrogen-bond donors (Lipinski definition) is 3. The fourth-order valence-corrected chi connectivity index (χ4v) is 3.82. The Morgan fingerprint density at radius 3 is 2.21 bits per heavy atom. The molecule has 3 N–H and O–H groups in total. The van der Waals surface area contributed by atoms with Gasteiger partial charge in [-0.05, 0) is 54.6 Å². The molecule has 0 aliphatic rings. The third-order valence-corrected chi connectivity index (χ3v) is 5.47. The van der Waals surface area contributed by atoms with Crippen molar-refractivity contribution in [2.75, 3.05) is 16.0 Å². The van der Waals surface area contributed by atoms with Crippen LogP contribution < -0.4 is 16.0 Å². The molecule has 9 heteroatoms. The minimum absolute atomic E-state index is 0.148. The van der Waals surface area contributed by atoms with Crippen molar-refractivity contribution in [2.24, 2.45) is 0 Å². The second kappa shape index (κ2) is 10.1. The number of carbonyl (C=O) groups is 3. The number of nitrogens with zero attached hydrogens (tertiary/aromatic N) is 1. The summed E-state index contributed by atoms with van der Waals surface area (Å²) in [6, 6.07) is 18.9. The maximum atomic E-state index is 13.1. The van der Waals surface area contributed by atoms with Crippen molar-refractivity contribution in [1.82, 2.24) is 4.98 Å². The number of thiazole rings is 1. The van der Waals surface area contributed by atoms with Crippen molar-refractivity contribution in [3.63, 3.8) is 0 Å². The van der Waals surface area contributed by atoms with Crippen molar-refractivity contribution in [2.45, 2.75) is 6.92 Å². The lowest BCUT2D eigenvalue weighted by Gasteiger charge is -2.07. The lowest BCUT2D eigenvalue weighted by atomic mass is 10.1. The van der Waals surface area contributed by atoms with Gasteiger partial charge in [0, 0.05) is 40.4 Å². The molecule has 0 unspecified atom stereocenters. The standard InChI is InChI=1S/C25H19FN4O3S/c1-15(31)27-20-11-7-16(8-12-20)22-14-34-25(29-22)30-24(33)18-3-2-4-21(13-18)28-23(32)17-5-9-19(26)10-6-17/h2-14H,1H3,(H,27,31)(H,28,32)(H,29,30,33). The second-order valence-electron chi connectivity index (χ2n) is 7.29. The van der Waals surface area contributed by atoms with E-state index in [1.165, 1.54) is 42.5 Å². The third kappa shape index (κ3) is 5.70. The van der Waals surface area contributed by atoms with Gasteiger partial charge < -0.3 is 10.6 Å². The van der Waals surface area contributed by atoms with Gasteiger partial charge in [-0.25, -0.2) is 9.37 Å². The molecule has 170 valence electrons. The van der Waals surface area contributed by atoms with Crippen LogP contribution in [-0.4, -0.2) is 22.7 Å². The smallest absolute Gasteiger partial charge is 0.257 e. The van der Waals surface area contributed by atoms with Crippen LogP contribution in [0.15, 0.2) is 78.2 Å². The number of anilines is 3. The second-order valence-corrected chi connectivity index (χ2v) is 8.15. The summed E-state index contributed by atoms with van der Waals surface area (Å²) in [6.07, 6.45) is 0. The molecule has 1 aromatic heterocycles. The maximum Gasteiger partial charge on any atom is 0.257 e. The van der Waals surface area contributed by atoms with Crippen LogP contribution in [0, 0.1) is 5.82 Å². The first-order chi connectivity index (χ1) is 16.4. The quantitative estimate of drug-likeness (QED) is 0.348. The van der Waals surface area contributed by atoms with Gasteiger partial charge in [0.2, 0.25) is 5.91 Å². The number of halogens is 1. The first kappa shape index (κ1) is 22.8. The van der Waals surface area contributed by atoms with Gasteiger partial charge in [-0.1, -0.05) is 18.2 Å². The molecular weight excluding hydrogens is 455 g/mol. The van der Waals surface area contributed by atoms with E-state index >= 15 is 0 Å². The largest absolute Gasteiger partial charge is 0.326 e. The molecule has 3 amide bonds. The first-order valence-electron chi connectivity index (χ1n) is 10.2. The molecule has 7 nitrogen and oxygen atoms in total. The summed E-state index contributed by atoms with van der Waals surface area (Å²) in [5.41, 5.74) is 3.30. The Kier molecular flexibility index (Phi) is 6.74. The molecule has 0 fully saturated rings. The van der Waals surface area contributed by atoms with Gasteiger partial charge in [0.25, 0.3) is 11.8 Å². The molecule has 0 bridgehead atoms. The Morgan fingerprint density at radius 1 is 0.794 bits per heavy atom. The number of carbonyl (C=O) groups excluding carboxylic acids is 3. The van der Waals surface area contributed by atoms with Gasteiger partial charge in [-0.15, -0.1) is 11.3 Å². The number of rotatable bonds is 6. The molecule has 1 heterocycles. The predicted molar refractivity (Wildman–Crippen MR) is 131 cm³/mol. The van der Waals surface area contributed by atoms with E-state index in [0.29, 0.717) is 33.3 Å². The predicted octanol–water partition coefficient (Wildman–Crippen LogP) is 5.41. The maximum absolute atomic E-state index is 13.1. The van der Waals surface area contributed by atoms with Crippen LogP contribution in [0.4, 0.5) is 20.9 Å². The van der Waals surface area contributed by atoms with Crippen LogP contribution in [-0.2, 0) is 4.79 Å². The number of amides is 3. The zero-order valence-corrected chi connectivity index (χ0v) is 18.8. The van der Waals surface area contributed by atoms with Crippen molar-refractivity contribution in [3.8, 4) is 11.3 Å². The summed E-state index contributed by atoms with van der Waals surface area (Å²) >= 11 is 1.28. The van der Waals surface area contributed by atoms with Gasteiger partial charge in [0.15, 0.2) is 5.13 Å². The molecule has 34 heavy (non-hydrogen) atoms. The first-order valence-corrected chi connectivity index (χ1v) is 11.1. The molecule has 0 aliphatic carbocycles. The zero-order chi connectivity index (χ0) is 24.1. The van der Waals surface area contributed by atoms with E-state index in [0.717, 1.165) is 5.56 Å². The summed E-state index contributed by atoms with van der Waals surface area (Å²) < 4.78 is 13.1. The SMILES string of the molecule is CC(=O)Nc1ccc(-c2csc(NC(=O)c3cccc(NC(=O)c4ccc(F)cc4)c3)n2)cc1. The number of hydrogen-bond acceptors (Lipinski definition) is 5. The highest BCUT2D eigenvalue weighted by atomic mass is 32.1. The fourth-order valence-electron chi connectivity index (χ4n) is 3.10. The van der Waals surface area contributed by atoms with Gasteiger partial charge in [0.05, 0.1) is 5.69 Å². The van der Waals surface area contributed by atoms with Gasteiger partial charge in [-0.2, -0.15) is 0 Å². The Morgan fingerprint density at radius 2 is 1.50 bits per heavy atom. The van der Waals surface area contributed by atoms with E-state index in [4.69, 9.17) is 0 Å². The van der Waals surface area contributed by atoms with Gasteiger partial charge in [0.1, 0.15) is 5.82 Å². The number of aromatic nitrogens is 1. The Labute approximate surface area is 198 Å². The van der Waals surface area contributed by atoms with Crippen LogP contribution >= 0.6 is 11.3 Å². The highest BCUT2D eigenvalue weighted by Crippen LogP contribution is 2.26. The molecule has 0 atom stereocenters. The summed E-state index contributed by atoms with van der Waals surface area (Å²) in [5, 5.41) is 10.4. The van der Waals surface area contributed by atoms with Gasteiger partial charge in [-0.3, -0.25) is 19.7 Å².